The summed E-state index contributed by atoms with van der Waals surface area (Å²) in [5.41, 5.74) is 0. The van der Waals surface area contributed by atoms with E-state index in [4.69, 9.17) is 4.74 Å². The molecule has 0 heterocycles. The van der Waals surface area contributed by atoms with E-state index < -0.39 is 24.0 Å². The molecular formula is C10H14O5. The molecular weight excluding hydrogens is 200 g/mol. The first-order valence-electron chi connectivity index (χ1n) is 4.56. The van der Waals surface area contributed by atoms with E-state index in [2.05, 4.69) is 11.3 Å². The fourth-order valence-electron chi connectivity index (χ4n) is 0.883. The molecule has 1 atom stereocenters. The van der Waals surface area contributed by atoms with Gasteiger partial charge in [0.05, 0.1) is 0 Å². The van der Waals surface area contributed by atoms with Gasteiger partial charge in [-0.2, -0.15) is 0 Å². The number of hydrogen-bond donors (Lipinski definition) is 0. The predicted molar refractivity (Wildman–Crippen MR) is 51.8 cm³/mol. The van der Waals surface area contributed by atoms with Crippen molar-refractivity contribution >= 4 is 17.9 Å². The van der Waals surface area contributed by atoms with Crippen LogP contribution in [0.2, 0.25) is 0 Å². The summed E-state index contributed by atoms with van der Waals surface area (Å²) >= 11 is 0. The first kappa shape index (κ1) is 13.4. The maximum absolute atomic E-state index is 11.2. The van der Waals surface area contributed by atoms with Crippen LogP contribution in [-0.4, -0.2) is 24.0 Å². The third-order valence-electron chi connectivity index (χ3n) is 1.48. The second-order valence-corrected chi connectivity index (χ2v) is 2.83. The Balaban J connectivity index is 4.36. The first-order chi connectivity index (χ1) is 7.01. The van der Waals surface area contributed by atoms with Gasteiger partial charge in [-0.25, -0.2) is 9.59 Å². The van der Waals surface area contributed by atoms with E-state index in [1.54, 1.807) is 0 Å². The lowest BCUT2D eigenvalue weighted by Gasteiger charge is -2.13. The molecule has 0 bridgehead atoms. The van der Waals surface area contributed by atoms with Crippen molar-refractivity contribution in [1.82, 2.24) is 0 Å². The van der Waals surface area contributed by atoms with E-state index in [1.807, 2.05) is 6.92 Å². The van der Waals surface area contributed by atoms with Crippen molar-refractivity contribution in [3.63, 3.8) is 0 Å². The van der Waals surface area contributed by atoms with E-state index in [9.17, 15) is 14.4 Å². The topological polar surface area (TPSA) is 69.7 Å². The SMILES string of the molecule is C=CC(=O)OC(CCC)C(=O)OC(C)=O. The average molecular weight is 214 g/mol. The minimum absolute atomic E-state index is 0.311. The van der Waals surface area contributed by atoms with E-state index in [0.717, 1.165) is 13.0 Å². The molecule has 0 aromatic rings. The maximum Gasteiger partial charge on any atom is 0.355 e. The molecule has 0 spiro atoms. The summed E-state index contributed by atoms with van der Waals surface area (Å²) in [5, 5.41) is 0. The highest BCUT2D eigenvalue weighted by atomic mass is 16.6. The zero-order valence-corrected chi connectivity index (χ0v) is 8.82. The molecule has 0 aromatic heterocycles. The standard InChI is InChI=1S/C10H14O5/c1-4-6-8(15-9(12)5-2)10(13)14-7(3)11/h5,8H,2,4,6H2,1,3H3. The predicted octanol–water partition coefficient (Wildman–Crippen LogP) is 0.974. The summed E-state index contributed by atoms with van der Waals surface area (Å²) in [4.78, 5) is 32.6. The fraction of sp³-hybridized carbons (Fsp3) is 0.500. The van der Waals surface area contributed by atoms with Crippen LogP contribution in [0.3, 0.4) is 0 Å². The van der Waals surface area contributed by atoms with Crippen LogP contribution in [0.5, 0.6) is 0 Å². The number of hydrogen-bond acceptors (Lipinski definition) is 5. The Bertz CT molecular complexity index is 269. The maximum atomic E-state index is 11.2. The van der Waals surface area contributed by atoms with Gasteiger partial charge >= 0.3 is 17.9 Å². The van der Waals surface area contributed by atoms with E-state index in [1.165, 1.54) is 0 Å². The normalized spacial score (nSPS) is 11.3. The highest BCUT2D eigenvalue weighted by Gasteiger charge is 2.23. The Hall–Kier alpha value is -1.65. The molecule has 1 unspecified atom stereocenters. The van der Waals surface area contributed by atoms with Gasteiger partial charge < -0.3 is 9.47 Å². The van der Waals surface area contributed by atoms with Crippen LogP contribution in [0.1, 0.15) is 26.7 Å². The van der Waals surface area contributed by atoms with Crippen LogP contribution >= 0.6 is 0 Å². The van der Waals surface area contributed by atoms with Gasteiger partial charge in [0, 0.05) is 13.0 Å². The number of carbonyl (C=O) groups excluding carboxylic acids is 3. The van der Waals surface area contributed by atoms with Crippen LogP contribution in [0.25, 0.3) is 0 Å². The van der Waals surface area contributed by atoms with Gasteiger partial charge in [-0.05, 0) is 6.42 Å². The molecule has 0 aromatic carbocycles. The highest BCUT2D eigenvalue weighted by Crippen LogP contribution is 2.05. The van der Waals surface area contributed by atoms with Gasteiger partial charge in [-0.3, -0.25) is 4.79 Å². The Kier molecular flexibility index (Phi) is 6.01. The second kappa shape index (κ2) is 6.75. The molecule has 0 radical (unpaired) electrons. The summed E-state index contributed by atoms with van der Waals surface area (Å²) in [6, 6.07) is 0. The first-order valence-corrected chi connectivity index (χ1v) is 4.56. The molecule has 5 heteroatoms. The molecule has 5 nitrogen and oxygen atoms in total. The van der Waals surface area contributed by atoms with Gasteiger partial charge in [0.15, 0.2) is 6.10 Å². The molecule has 0 amide bonds. The third kappa shape index (κ3) is 5.61. The van der Waals surface area contributed by atoms with Crippen molar-refractivity contribution in [3.8, 4) is 0 Å². The van der Waals surface area contributed by atoms with Gasteiger partial charge in [0.1, 0.15) is 0 Å². The zero-order valence-electron chi connectivity index (χ0n) is 8.82. The number of esters is 3. The molecule has 0 saturated heterocycles. The van der Waals surface area contributed by atoms with Crippen molar-refractivity contribution in [2.45, 2.75) is 32.8 Å². The zero-order chi connectivity index (χ0) is 11.8. The summed E-state index contributed by atoms with van der Waals surface area (Å²) in [6.45, 7) is 6.12. The van der Waals surface area contributed by atoms with Gasteiger partial charge in [0.25, 0.3) is 0 Å². The Labute approximate surface area is 88.0 Å². The molecule has 0 fully saturated rings. The quantitative estimate of drug-likeness (QED) is 0.387. The molecule has 0 aliphatic carbocycles. The van der Waals surface area contributed by atoms with E-state index >= 15 is 0 Å². The average Bonchev–Trinajstić information content (AvgIpc) is 2.15. The van der Waals surface area contributed by atoms with Crippen molar-refractivity contribution in [2.75, 3.05) is 0 Å². The summed E-state index contributed by atoms with van der Waals surface area (Å²) in [5.74, 6) is -2.29. The Morgan fingerprint density at radius 3 is 2.40 bits per heavy atom. The van der Waals surface area contributed by atoms with Gasteiger partial charge in [-0.15, -0.1) is 0 Å². The molecule has 84 valence electrons. The molecule has 0 N–H and O–H groups in total. The number of rotatable bonds is 5. The summed E-state index contributed by atoms with van der Waals surface area (Å²) in [6.07, 6.45) is 0.849. The lowest BCUT2D eigenvalue weighted by molar-refractivity contribution is -0.171. The molecule has 0 aliphatic rings. The smallest absolute Gasteiger partial charge is 0.355 e. The third-order valence-corrected chi connectivity index (χ3v) is 1.48. The van der Waals surface area contributed by atoms with Crippen molar-refractivity contribution in [1.29, 1.82) is 0 Å². The monoisotopic (exact) mass is 214 g/mol. The largest absolute Gasteiger partial charge is 0.447 e. The van der Waals surface area contributed by atoms with Gasteiger partial charge in [0.2, 0.25) is 0 Å². The Morgan fingerprint density at radius 2 is 2.00 bits per heavy atom. The van der Waals surface area contributed by atoms with Gasteiger partial charge in [-0.1, -0.05) is 19.9 Å². The van der Waals surface area contributed by atoms with Crippen LogP contribution < -0.4 is 0 Å². The van der Waals surface area contributed by atoms with Crippen LogP contribution in [-0.2, 0) is 23.9 Å². The van der Waals surface area contributed by atoms with Crippen LogP contribution in [0, 0.1) is 0 Å². The lowest BCUT2D eigenvalue weighted by Crippen LogP contribution is -2.29. The minimum atomic E-state index is -1.04. The second-order valence-electron chi connectivity index (χ2n) is 2.83. The molecule has 15 heavy (non-hydrogen) atoms. The number of ether oxygens (including phenoxy) is 2. The van der Waals surface area contributed by atoms with E-state index in [0.29, 0.717) is 12.8 Å². The number of carbonyl (C=O) groups is 3. The Morgan fingerprint density at radius 1 is 1.40 bits per heavy atom. The van der Waals surface area contributed by atoms with Crippen molar-refractivity contribution in [3.05, 3.63) is 12.7 Å². The summed E-state index contributed by atoms with van der Waals surface area (Å²) < 4.78 is 9.04. The van der Waals surface area contributed by atoms with Crippen LogP contribution in [0.15, 0.2) is 12.7 Å². The van der Waals surface area contributed by atoms with E-state index in [-0.39, 0.29) is 0 Å². The fourth-order valence-corrected chi connectivity index (χ4v) is 0.883. The summed E-state index contributed by atoms with van der Waals surface area (Å²) in [7, 11) is 0. The van der Waals surface area contributed by atoms with Crippen molar-refractivity contribution < 1.29 is 23.9 Å². The lowest BCUT2D eigenvalue weighted by atomic mass is 10.2. The van der Waals surface area contributed by atoms with Crippen LogP contribution in [0.4, 0.5) is 0 Å². The molecule has 0 aliphatic heterocycles. The molecule has 0 saturated carbocycles. The molecule has 0 rings (SSSR count). The minimum Gasteiger partial charge on any atom is -0.447 e. The highest BCUT2D eigenvalue weighted by molar-refractivity contribution is 5.89. The van der Waals surface area contributed by atoms with Crippen molar-refractivity contribution in [2.24, 2.45) is 0 Å².